The second kappa shape index (κ2) is 6.24. The molecule has 0 bridgehead atoms. The molecule has 0 radical (unpaired) electrons. The third-order valence-electron chi connectivity index (χ3n) is 4.08. The predicted molar refractivity (Wildman–Crippen MR) is 99.7 cm³/mol. The number of amides is 1. The molecule has 5 N–H and O–H groups in total. The van der Waals surface area contributed by atoms with E-state index in [1.807, 2.05) is 6.07 Å². The van der Waals surface area contributed by atoms with E-state index >= 15 is 0 Å². The Bertz CT molecular complexity index is 1120. The summed E-state index contributed by atoms with van der Waals surface area (Å²) in [7, 11) is 0. The fourth-order valence-corrected chi connectivity index (χ4v) is 2.79. The van der Waals surface area contributed by atoms with Crippen LogP contribution in [0, 0.1) is 11.3 Å². The summed E-state index contributed by atoms with van der Waals surface area (Å²) in [5, 5.41) is 37.1. The zero-order valence-corrected chi connectivity index (χ0v) is 13.8. The van der Waals surface area contributed by atoms with E-state index < -0.39 is 5.91 Å². The smallest absolute Gasteiger partial charge is 0.261 e. The monoisotopic (exact) mass is 359 g/mol. The van der Waals surface area contributed by atoms with Crippen LogP contribution >= 0.6 is 0 Å². The van der Waals surface area contributed by atoms with Crippen molar-refractivity contribution in [3.05, 3.63) is 59.8 Å². The number of phenolic OH excluding ortho intramolecular Hbond substituents is 2. The molecule has 3 aromatic rings. The van der Waals surface area contributed by atoms with E-state index in [0.29, 0.717) is 34.1 Å². The highest BCUT2D eigenvalue weighted by Gasteiger charge is 2.23. The zero-order valence-electron chi connectivity index (χ0n) is 13.8. The molecule has 132 valence electrons. The first-order chi connectivity index (χ1) is 13.0. The number of aromatic nitrogens is 1. The van der Waals surface area contributed by atoms with Crippen molar-refractivity contribution in [2.75, 3.05) is 16.0 Å². The Labute approximate surface area is 153 Å². The molecule has 0 aliphatic carbocycles. The lowest BCUT2D eigenvalue weighted by atomic mass is 10.1. The van der Waals surface area contributed by atoms with Gasteiger partial charge in [0, 0.05) is 18.0 Å². The highest BCUT2D eigenvalue weighted by atomic mass is 16.3. The van der Waals surface area contributed by atoms with Gasteiger partial charge in [-0.15, -0.1) is 0 Å². The summed E-state index contributed by atoms with van der Waals surface area (Å²) in [6, 6.07) is 12.8. The van der Waals surface area contributed by atoms with E-state index in [9.17, 15) is 15.0 Å². The quantitative estimate of drug-likeness (QED) is 0.350. The van der Waals surface area contributed by atoms with Gasteiger partial charge in [-0.05, 0) is 36.4 Å². The van der Waals surface area contributed by atoms with Gasteiger partial charge in [0.1, 0.15) is 11.4 Å². The van der Waals surface area contributed by atoms with Crippen LogP contribution in [0.5, 0.6) is 11.5 Å². The molecule has 1 aromatic heterocycles. The zero-order chi connectivity index (χ0) is 19.0. The van der Waals surface area contributed by atoms with Crippen molar-refractivity contribution in [3.63, 3.8) is 0 Å². The lowest BCUT2D eigenvalue weighted by molar-refractivity contribution is 0.102. The molecule has 8 nitrogen and oxygen atoms in total. The van der Waals surface area contributed by atoms with Crippen molar-refractivity contribution in [2.45, 2.75) is 0 Å². The van der Waals surface area contributed by atoms with Crippen molar-refractivity contribution in [1.82, 2.24) is 4.98 Å². The van der Waals surface area contributed by atoms with Crippen LogP contribution in [0.3, 0.4) is 0 Å². The first kappa shape index (κ1) is 16.2. The van der Waals surface area contributed by atoms with Gasteiger partial charge in [0.2, 0.25) is 0 Å². The average molecular weight is 359 g/mol. The number of fused-ring (bicyclic) bond motifs is 2. The van der Waals surface area contributed by atoms with Gasteiger partial charge in [-0.3, -0.25) is 4.79 Å². The number of hydrogen-bond donors (Lipinski definition) is 5. The minimum atomic E-state index is -0.398. The number of nitriles is 1. The summed E-state index contributed by atoms with van der Waals surface area (Å²) in [5.41, 5.74) is 2.74. The fraction of sp³-hybridized carbons (Fsp3) is 0. The molecule has 0 fully saturated rings. The highest BCUT2D eigenvalue weighted by Crippen LogP contribution is 2.36. The summed E-state index contributed by atoms with van der Waals surface area (Å²) < 4.78 is 0. The Hall–Kier alpha value is -4.25. The molecule has 1 aliphatic heterocycles. The average Bonchev–Trinajstić information content (AvgIpc) is 2.80. The molecule has 0 saturated heterocycles. The van der Waals surface area contributed by atoms with Crippen molar-refractivity contribution in [3.8, 4) is 17.6 Å². The molecule has 4 rings (SSSR count). The van der Waals surface area contributed by atoms with Gasteiger partial charge in [-0.1, -0.05) is 0 Å². The molecule has 0 atom stereocenters. The van der Waals surface area contributed by atoms with Crippen LogP contribution in [0.2, 0.25) is 0 Å². The Kier molecular flexibility index (Phi) is 3.75. The molecule has 1 aliphatic rings. The van der Waals surface area contributed by atoms with Gasteiger partial charge in [-0.2, -0.15) is 5.26 Å². The van der Waals surface area contributed by atoms with Crippen LogP contribution in [-0.2, 0) is 0 Å². The summed E-state index contributed by atoms with van der Waals surface area (Å²) in [6.45, 7) is 0. The number of phenols is 2. The normalized spacial score (nSPS) is 11.9. The Morgan fingerprint density at radius 2 is 1.85 bits per heavy atom. The summed E-state index contributed by atoms with van der Waals surface area (Å²) in [6.07, 6.45) is 1.54. The number of anilines is 5. The van der Waals surface area contributed by atoms with Crippen LogP contribution < -0.4 is 16.0 Å². The van der Waals surface area contributed by atoms with Crippen LogP contribution in [0.15, 0.2) is 48.7 Å². The SMILES string of the molecule is N#Cc1ccc2c(c1)NC(=O)c1c(Nc3ccc(O)c(O)c3)ccnc1N2. The van der Waals surface area contributed by atoms with Crippen molar-refractivity contribution in [2.24, 2.45) is 0 Å². The number of nitrogens with zero attached hydrogens (tertiary/aromatic N) is 2. The summed E-state index contributed by atoms with van der Waals surface area (Å²) >= 11 is 0. The second-order valence-corrected chi connectivity index (χ2v) is 5.86. The maximum atomic E-state index is 12.8. The van der Waals surface area contributed by atoms with Crippen molar-refractivity contribution < 1.29 is 15.0 Å². The Morgan fingerprint density at radius 1 is 1.00 bits per heavy atom. The van der Waals surface area contributed by atoms with Crippen molar-refractivity contribution >= 4 is 34.5 Å². The van der Waals surface area contributed by atoms with Crippen LogP contribution in [-0.4, -0.2) is 21.1 Å². The standard InChI is InChI=1S/C19H13N5O3/c20-9-10-1-3-12-14(7-10)24-19(27)17-13(5-6-21-18(17)23-12)22-11-2-4-15(25)16(26)8-11/h1-8,25-26H,(H,24,27)(H2,21,22,23). The minimum Gasteiger partial charge on any atom is -0.504 e. The lowest BCUT2D eigenvalue weighted by Crippen LogP contribution is -2.13. The first-order valence-electron chi connectivity index (χ1n) is 7.95. The number of nitrogens with one attached hydrogen (secondary N) is 3. The highest BCUT2D eigenvalue weighted by molar-refractivity contribution is 6.15. The van der Waals surface area contributed by atoms with Crippen LogP contribution in [0.4, 0.5) is 28.6 Å². The van der Waals surface area contributed by atoms with E-state index in [1.165, 1.54) is 18.3 Å². The molecule has 2 heterocycles. The molecule has 0 spiro atoms. The Morgan fingerprint density at radius 3 is 2.63 bits per heavy atom. The second-order valence-electron chi connectivity index (χ2n) is 5.86. The van der Waals surface area contributed by atoms with Gasteiger partial charge < -0.3 is 26.2 Å². The Balaban J connectivity index is 1.75. The number of rotatable bonds is 2. The van der Waals surface area contributed by atoms with E-state index in [2.05, 4.69) is 20.9 Å². The molecule has 1 amide bonds. The van der Waals surface area contributed by atoms with Gasteiger partial charge >= 0.3 is 0 Å². The number of carbonyl (C=O) groups excluding carboxylic acids is 1. The predicted octanol–water partition coefficient (Wildman–Crippen LogP) is 3.42. The number of pyridine rings is 1. The summed E-state index contributed by atoms with van der Waals surface area (Å²) in [5.74, 6) is -0.565. The summed E-state index contributed by atoms with van der Waals surface area (Å²) in [4.78, 5) is 17.0. The van der Waals surface area contributed by atoms with Gasteiger partial charge in [0.05, 0.1) is 28.7 Å². The topological polar surface area (TPSA) is 130 Å². The third kappa shape index (κ3) is 2.94. The number of benzene rings is 2. The molecule has 0 saturated carbocycles. The molecule has 0 unspecified atom stereocenters. The van der Waals surface area contributed by atoms with E-state index in [-0.39, 0.29) is 17.1 Å². The fourth-order valence-electron chi connectivity index (χ4n) is 2.79. The first-order valence-corrected chi connectivity index (χ1v) is 7.95. The van der Waals surface area contributed by atoms with Crippen molar-refractivity contribution in [1.29, 1.82) is 5.26 Å². The molecular formula is C19H13N5O3. The van der Waals surface area contributed by atoms with E-state index in [0.717, 1.165) is 0 Å². The number of hydrogen-bond acceptors (Lipinski definition) is 7. The minimum absolute atomic E-state index is 0.239. The third-order valence-corrected chi connectivity index (χ3v) is 4.08. The molecule has 27 heavy (non-hydrogen) atoms. The number of aromatic hydroxyl groups is 2. The van der Waals surface area contributed by atoms with E-state index in [4.69, 9.17) is 5.26 Å². The lowest BCUT2D eigenvalue weighted by Gasteiger charge is -2.13. The number of carbonyl (C=O) groups is 1. The van der Waals surface area contributed by atoms with Crippen LogP contribution in [0.25, 0.3) is 0 Å². The molecule has 2 aromatic carbocycles. The van der Waals surface area contributed by atoms with E-state index in [1.54, 1.807) is 30.3 Å². The van der Waals surface area contributed by atoms with Gasteiger partial charge in [-0.25, -0.2) is 4.98 Å². The van der Waals surface area contributed by atoms with Crippen LogP contribution in [0.1, 0.15) is 15.9 Å². The molecular weight excluding hydrogens is 346 g/mol. The largest absolute Gasteiger partial charge is 0.504 e. The van der Waals surface area contributed by atoms with Gasteiger partial charge in [0.15, 0.2) is 11.5 Å². The maximum Gasteiger partial charge on any atom is 0.261 e. The van der Waals surface area contributed by atoms with Gasteiger partial charge in [0.25, 0.3) is 5.91 Å². The molecule has 8 heteroatoms. The maximum absolute atomic E-state index is 12.8.